The van der Waals surface area contributed by atoms with Crippen molar-refractivity contribution < 1.29 is 9.59 Å². The molecule has 4 aliphatic carbocycles. The van der Waals surface area contributed by atoms with Crippen molar-refractivity contribution in [1.82, 2.24) is 0 Å². The second-order valence-electron chi connectivity index (χ2n) is 11.8. The summed E-state index contributed by atoms with van der Waals surface area (Å²) >= 11 is 0. The van der Waals surface area contributed by atoms with Gasteiger partial charge in [0.25, 0.3) is 0 Å². The van der Waals surface area contributed by atoms with Gasteiger partial charge in [-0.05, 0) is 85.4 Å². The van der Waals surface area contributed by atoms with Crippen LogP contribution in [0.3, 0.4) is 0 Å². The van der Waals surface area contributed by atoms with Crippen molar-refractivity contribution in [2.45, 2.75) is 98.8 Å². The van der Waals surface area contributed by atoms with Gasteiger partial charge < -0.3 is 0 Å². The molecule has 0 saturated heterocycles. The van der Waals surface area contributed by atoms with Gasteiger partial charge in [-0.1, -0.05) is 46.3 Å². The van der Waals surface area contributed by atoms with Gasteiger partial charge in [-0.15, -0.1) is 0 Å². The predicted molar refractivity (Wildman–Crippen MR) is 118 cm³/mol. The third-order valence-corrected chi connectivity index (χ3v) is 10.2. The fourth-order valence-corrected chi connectivity index (χ4v) is 8.31. The molecule has 0 aromatic heterocycles. The quantitative estimate of drug-likeness (QED) is 0.479. The largest absolute Gasteiger partial charge is 0.299 e. The molecule has 0 spiro atoms. The molecule has 0 aromatic rings. The van der Waals surface area contributed by atoms with Crippen LogP contribution in [-0.2, 0) is 9.59 Å². The third-order valence-electron chi connectivity index (χ3n) is 10.2. The van der Waals surface area contributed by atoms with E-state index in [-0.39, 0.29) is 11.3 Å². The molecule has 4 rings (SSSR count). The molecule has 0 unspecified atom stereocenters. The van der Waals surface area contributed by atoms with Gasteiger partial charge in [-0.25, -0.2) is 0 Å². The molecule has 0 bridgehead atoms. The van der Waals surface area contributed by atoms with Crippen LogP contribution in [0.5, 0.6) is 0 Å². The lowest BCUT2D eigenvalue weighted by Crippen LogP contribution is -2.50. The molecule has 0 aliphatic heterocycles. The summed E-state index contributed by atoms with van der Waals surface area (Å²) in [5, 5.41) is 0. The van der Waals surface area contributed by atoms with Gasteiger partial charge in [0.1, 0.15) is 11.6 Å². The van der Waals surface area contributed by atoms with E-state index in [1.54, 1.807) is 0 Å². The van der Waals surface area contributed by atoms with E-state index >= 15 is 0 Å². The molecule has 2 nitrogen and oxygen atoms in total. The topological polar surface area (TPSA) is 34.1 Å². The van der Waals surface area contributed by atoms with Crippen molar-refractivity contribution in [2.24, 2.45) is 46.3 Å². The zero-order valence-corrected chi connectivity index (χ0v) is 19.4. The summed E-state index contributed by atoms with van der Waals surface area (Å²) in [5.41, 5.74) is 2.22. The minimum atomic E-state index is 0.177. The normalized spacial score (nSPS) is 42.7. The summed E-state index contributed by atoms with van der Waals surface area (Å²) < 4.78 is 0. The summed E-state index contributed by atoms with van der Waals surface area (Å²) in [7, 11) is 0. The number of allylic oxidation sites excluding steroid dienone is 2. The van der Waals surface area contributed by atoms with Crippen LogP contribution in [0.25, 0.3) is 0 Å². The molecule has 3 saturated carbocycles. The first-order valence-corrected chi connectivity index (χ1v) is 12.4. The molecule has 3 fully saturated rings. The molecule has 4 aliphatic rings. The van der Waals surface area contributed by atoms with Crippen molar-refractivity contribution in [1.29, 1.82) is 0 Å². The Morgan fingerprint density at radius 1 is 1.10 bits per heavy atom. The molecule has 0 radical (unpaired) electrons. The number of fused-ring (bicyclic) bond motifs is 5. The summed E-state index contributed by atoms with van der Waals surface area (Å²) in [5.74, 6) is 4.93. The Labute approximate surface area is 178 Å². The van der Waals surface area contributed by atoms with E-state index in [0.717, 1.165) is 55.8 Å². The fraction of sp³-hybridized carbons (Fsp3) is 0.852. The van der Waals surface area contributed by atoms with E-state index in [1.165, 1.54) is 37.7 Å². The maximum atomic E-state index is 12.2. The highest BCUT2D eigenvalue weighted by molar-refractivity contribution is 5.82. The van der Waals surface area contributed by atoms with Crippen molar-refractivity contribution in [3.05, 3.63) is 11.6 Å². The summed E-state index contributed by atoms with van der Waals surface area (Å²) in [6.45, 7) is 11.6. The molecule has 0 amide bonds. The Bertz CT molecular complexity index is 703. The highest BCUT2D eigenvalue weighted by atomic mass is 16.1. The zero-order chi connectivity index (χ0) is 21.0. The smallest absolute Gasteiger partial charge is 0.136 e. The first kappa shape index (κ1) is 21.3. The van der Waals surface area contributed by atoms with Gasteiger partial charge in [0.05, 0.1) is 0 Å². The van der Waals surface area contributed by atoms with E-state index in [2.05, 4.69) is 26.8 Å². The zero-order valence-electron chi connectivity index (χ0n) is 19.4. The number of hydrogen-bond acceptors (Lipinski definition) is 2. The fourth-order valence-electron chi connectivity index (χ4n) is 8.31. The molecule has 162 valence electrons. The van der Waals surface area contributed by atoms with Crippen molar-refractivity contribution in [3.8, 4) is 0 Å². The number of Topliss-reactive ketones (excluding diaryl/α,β-unsaturated/α-hetero) is 2. The van der Waals surface area contributed by atoms with E-state index in [9.17, 15) is 9.59 Å². The Morgan fingerprint density at radius 2 is 1.86 bits per heavy atom. The standard InChI is InChI=1S/C27H42O2/c1-17(2)25(29)11-6-18(3)22-9-10-23-21-8-7-19-16-20(28)12-14-26(19,4)24(21)13-15-27(22,23)5/h7,17-18,21-24H,6,8-16H2,1-5H3/t18-,21+,22-,23+,24+,26+,27-/m1/s1. The first-order valence-electron chi connectivity index (χ1n) is 12.4. The van der Waals surface area contributed by atoms with Gasteiger partial charge >= 0.3 is 0 Å². The van der Waals surface area contributed by atoms with Crippen molar-refractivity contribution >= 4 is 11.6 Å². The SMILES string of the molecule is CC(C)C(=O)CC[C@@H](C)[C@H]1CC[C@H]2[C@@H]3CC=C4CC(=O)CC[C@]4(C)[C@H]3CC[C@]12C. The molecular formula is C27H42O2. The van der Waals surface area contributed by atoms with Gasteiger partial charge in [0, 0.05) is 25.2 Å². The monoisotopic (exact) mass is 398 g/mol. The number of carbonyl (C=O) groups excluding carboxylic acids is 2. The van der Waals surface area contributed by atoms with Crippen LogP contribution in [-0.4, -0.2) is 11.6 Å². The Balaban J connectivity index is 1.50. The Kier molecular flexibility index (Phi) is 5.62. The van der Waals surface area contributed by atoms with Crippen LogP contribution in [0.4, 0.5) is 0 Å². The Hall–Kier alpha value is -0.920. The van der Waals surface area contributed by atoms with Crippen LogP contribution >= 0.6 is 0 Å². The van der Waals surface area contributed by atoms with E-state index in [4.69, 9.17) is 0 Å². The molecule has 0 heterocycles. The third kappa shape index (κ3) is 3.47. The Morgan fingerprint density at radius 3 is 2.59 bits per heavy atom. The number of hydrogen-bond donors (Lipinski definition) is 0. The average Bonchev–Trinajstić information content (AvgIpc) is 3.03. The maximum absolute atomic E-state index is 12.2. The lowest BCUT2D eigenvalue weighted by molar-refractivity contribution is -0.122. The highest BCUT2D eigenvalue weighted by Crippen LogP contribution is 2.67. The van der Waals surface area contributed by atoms with Gasteiger partial charge in [0.2, 0.25) is 0 Å². The molecular weight excluding hydrogens is 356 g/mol. The molecule has 29 heavy (non-hydrogen) atoms. The minimum Gasteiger partial charge on any atom is -0.299 e. The maximum Gasteiger partial charge on any atom is 0.136 e. The summed E-state index contributed by atoms with van der Waals surface area (Å²) in [4.78, 5) is 24.2. The lowest BCUT2D eigenvalue weighted by Gasteiger charge is -2.58. The summed E-state index contributed by atoms with van der Waals surface area (Å²) in [6, 6.07) is 0. The molecule has 2 heteroatoms. The second-order valence-corrected chi connectivity index (χ2v) is 11.8. The highest BCUT2D eigenvalue weighted by Gasteiger charge is 2.59. The lowest BCUT2D eigenvalue weighted by atomic mass is 9.47. The van der Waals surface area contributed by atoms with E-state index in [0.29, 0.717) is 22.9 Å². The van der Waals surface area contributed by atoms with Crippen molar-refractivity contribution in [3.63, 3.8) is 0 Å². The minimum absolute atomic E-state index is 0.177. The number of carbonyl (C=O) groups is 2. The van der Waals surface area contributed by atoms with Crippen LogP contribution in [0.2, 0.25) is 0 Å². The van der Waals surface area contributed by atoms with Crippen LogP contribution in [0, 0.1) is 46.3 Å². The number of ketones is 2. The predicted octanol–water partition coefficient (Wildman–Crippen LogP) is 6.78. The van der Waals surface area contributed by atoms with E-state index < -0.39 is 0 Å². The number of rotatable bonds is 5. The van der Waals surface area contributed by atoms with Crippen molar-refractivity contribution in [2.75, 3.05) is 0 Å². The second kappa shape index (κ2) is 7.65. The van der Waals surface area contributed by atoms with Crippen LogP contribution in [0.15, 0.2) is 11.6 Å². The molecule has 0 N–H and O–H groups in total. The van der Waals surface area contributed by atoms with Gasteiger partial charge in [-0.2, -0.15) is 0 Å². The van der Waals surface area contributed by atoms with E-state index in [1.807, 2.05) is 13.8 Å². The van der Waals surface area contributed by atoms with Gasteiger partial charge in [-0.3, -0.25) is 9.59 Å². The van der Waals surface area contributed by atoms with Crippen LogP contribution in [0.1, 0.15) is 98.8 Å². The molecule has 0 aromatic carbocycles. The van der Waals surface area contributed by atoms with Gasteiger partial charge in [0.15, 0.2) is 0 Å². The summed E-state index contributed by atoms with van der Waals surface area (Å²) in [6.07, 6.45) is 13.6. The average molecular weight is 399 g/mol. The molecule has 7 atom stereocenters. The first-order chi connectivity index (χ1) is 13.7. The van der Waals surface area contributed by atoms with Crippen LogP contribution < -0.4 is 0 Å².